The molecule has 1 heterocycles. The van der Waals surface area contributed by atoms with Crippen LogP contribution in [0.1, 0.15) is 22.3 Å². The highest BCUT2D eigenvalue weighted by molar-refractivity contribution is 5.86. The average Bonchev–Trinajstić information content (AvgIpc) is 3.09. The monoisotopic (exact) mass is 416 g/mol. The maximum atomic E-state index is 12.7. The molecule has 29 heavy (non-hydrogen) atoms. The molecule has 1 N–H and O–H groups in total. The number of aromatic nitrogens is 1. The van der Waals surface area contributed by atoms with Crippen LogP contribution in [0.15, 0.2) is 79.0 Å². The van der Waals surface area contributed by atoms with Gasteiger partial charge in [0.05, 0.1) is 5.56 Å². The van der Waals surface area contributed by atoms with Crippen molar-refractivity contribution in [3.63, 3.8) is 0 Å². The Morgan fingerprint density at radius 3 is 2.31 bits per heavy atom. The molecule has 0 saturated carbocycles. The highest BCUT2D eigenvalue weighted by atomic mass is 35.5. The fourth-order valence-corrected chi connectivity index (χ4v) is 3.02. The van der Waals surface area contributed by atoms with Gasteiger partial charge in [0.2, 0.25) is 0 Å². The molecule has 1 aromatic heterocycles. The van der Waals surface area contributed by atoms with Crippen molar-refractivity contribution in [1.29, 1.82) is 0 Å². The first-order chi connectivity index (χ1) is 13.5. The molecule has 6 heteroatoms. The number of benzene rings is 3. The first kappa shape index (κ1) is 20.8. The van der Waals surface area contributed by atoms with E-state index in [4.69, 9.17) is 4.74 Å². The number of rotatable bonds is 5. The van der Waals surface area contributed by atoms with Gasteiger partial charge in [0, 0.05) is 23.5 Å². The van der Waals surface area contributed by atoms with E-state index in [0.717, 1.165) is 39.9 Å². The van der Waals surface area contributed by atoms with Crippen molar-refractivity contribution >= 4 is 23.3 Å². The second kappa shape index (κ2) is 8.62. The molecule has 0 aliphatic heterocycles. The van der Waals surface area contributed by atoms with Crippen LogP contribution in [0, 0.1) is 6.42 Å². The Bertz CT molecular complexity index is 1070. The summed E-state index contributed by atoms with van der Waals surface area (Å²) in [6.45, 7) is 0.467. The summed E-state index contributed by atoms with van der Waals surface area (Å²) >= 11 is 0. The zero-order chi connectivity index (χ0) is 19.6. The molecule has 149 valence electrons. The van der Waals surface area contributed by atoms with Gasteiger partial charge in [-0.05, 0) is 47.0 Å². The van der Waals surface area contributed by atoms with E-state index in [1.165, 1.54) is 12.1 Å². The van der Waals surface area contributed by atoms with Gasteiger partial charge in [0.1, 0.15) is 12.4 Å². The van der Waals surface area contributed by atoms with Gasteiger partial charge >= 0.3 is 6.18 Å². The Kier molecular flexibility index (Phi) is 6.18. The lowest BCUT2D eigenvalue weighted by Crippen LogP contribution is -2.04. The van der Waals surface area contributed by atoms with E-state index in [0.29, 0.717) is 12.2 Å². The molecule has 0 aliphatic carbocycles. The number of fused-ring (bicyclic) bond motifs is 1. The molecule has 3 aromatic carbocycles. The molecule has 0 fully saturated rings. The molecule has 4 aromatic rings. The van der Waals surface area contributed by atoms with Crippen LogP contribution in [0.25, 0.3) is 10.9 Å². The smallest absolute Gasteiger partial charge is 0.416 e. The number of ether oxygens (including phenoxy) is 1. The van der Waals surface area contributed by atoms with Crippen molar-refractivity contribution in [2.75, 3.05) is 0 Å². The lowest BCUT2D eigenvalue weighted by atomic mass is 10.0. The van der Waals surface area contributed by atoms with E-state index < -0.39 is 11.7 Å². The molecule has 2 nitrogen and oxygen atoms in total. The van der Waals surface area contributed by atoms with E-state index in [9.17, 15) is 13.2 Å². The molecule has 0 atom stereocenters. The van der Waals surface area contributed by atoms with Crippen LogP contribution in [-0.4, -0.2) is 4.98 Å². The van der Waals surface area contributed by atoms with Crippen molar-refractivity contribution in [2.45, 2.75) is 12.8 Å². The second-order valence-electron chi connectivity index (χ2n) is 6.49. The highest BCUT2D eigenvalue weighted by Crippen LogP contribution is 2.31. The van der Waals surface area contributed by atoms with Gasteiger partial charge in [0.25, 0.3) is 0 Å². The summed E-state index contributed by atoms with van der Waals surface area (Å²) < 4.78 is 44.0. The Hall–Kier alpha value is -2.92. The molecule has 0 amide bonds. The fourth-order valence-electron chi connectivity index (χ4n) is 3.02. The van der Waals surface area contributed by atoms with Crippen LogP contribution >= 0.6 is 12.4 Å². The van der Waals surface area contributed by atoms with Crippen molar-refractivity contribution in [3.05, 3.63) is 108 Å². The zero-order valence-electron chi connectivity index (χ0n) is 15.2. The molecule has 0 spiro atoms. The molecular weight excluding hydrogens is 399 g/mol. The minimum atomic E-state index is -4.33. The number of halogens is 4. The predicted molar refractivity (Wildman–Crippen MR) is 110 cm³/mol. The van der Waals surface area contributed by atoms with E-state index in [2.05, 4.69) is 4.98 Å². The van der Waals surface area contributed by atoms with Crippen molar-refractivity contribution < 1.29 is 17.9 Å². The maximum absolute atomic E-state index is 12.7. The van der Waals surface area contributed by atoms with Gasteiger partial charge in [-0.25, -0.2) is 0 Å². The van der Waals surface area contributed by atoms with E-state index in [1.54, 1.807) is 0 Å². The van der Waals surface area contributed by atoms with Gasteiger partial charge in [0.15, 0.2) is 0 Å². The van der Waals surface area contributed by atoms with Gasteiger partial charge in [-0.1, -0.05) is 42.5 Å². The molecule has 0 saturated heterocycles. The Morgan fingerprint density at radius 2 is 1.62 bits per heavy atom. The number of hydrogen-bond acceptors (Lipinski definition) is 1. The van der Waals surface area contributed by atoms with Crippen LogP contribution in [0.5, 0.6) is 5.75 Å². The van der Waals surface area contributed by atoms with Crippen LogP contribution in [0.3, 0.4) is 0 Å². The fraction of sp³-hybridized carbons (Fsp3) is 0.0870. The normalized spacial score (nSPS) is 11.3. The summed E-state index contributed by atoms with van der Waals surface area (Å²) in [7, 11) is 0. The van der Waals surface area contributed by atoms with Crippen molar-refractivity contribution in [2.24, 2.45) is 0 Å². The summed E-state index contributed by atoms with van der Waals surface area (Å²) in [5.74, 6) is 0.734. The number of nitrogens with one attached hydrogen (secondary N) is 1. The highest BCUT2D eigenvalue weighted by Gasteiger charge is 2.29. The zero-order valence-corrected chi connectivity index (χ0v) is 16.1. The molecule has 0 unspecified atom stereocenters. The van der Waals surface area contributed by atoms with Gasteiger partial charge in [-0.2, -0.15) is 13.2 Å². The number of alkyl halides is 3. The maximum Gasteiger partial charge on any atom is 0.416 e. The molecular formula is C23H18ClF3NO. The van der Waals surface area contributed by atoms with Gasteiger partial charge in [-0.3, -0.25) is 0 Å². The largest absolute Gasteiger partial charge is 0.489 e. The van der Waals surface area contributed by atoms with E-state index in [1.807, 2.05) is 61.1 Å². The van der Waals surface area contributed by atoms with E-state index >= 15 is 0 Å². The van der Waals surface area contributed by atoms with Crippen molar-refractivity contribution in [3.8, 4) is 5.75 Å². The number of H-pyrrole nitrogens is 1. The lowest BCUT2D eigenvalue weighted by molar-refractivity contribution is -0.137. The SMILES string of the molecule is Cl.FC(F)(F)c1ccc([CH]c2c[nH]c3ccc(OCc4ccccc4)cc23)cc1. The lowest BCUT2D eigenvalue weighted by Gasteiger charge is -2.08. The topological polar surface area (TPSA) is 25.0 Å². The Labute approximate surface area is 172 Å². The minimum absolute atomic E-state index is 0. The molecule has 1 radical (unpaired) electrons. The summed E-state index contributed by atoms with van der Waals surface area (Å²) in [6, 6.07) is 20.8. The van der Waals surface area contributed by atoms with Gasteiger partial charge < -0.3 is 9.72 Å². The van der Waals surface area contributed by atoms with E-state index in [-0.39, 0.29) is 12.4 Å². The molecule has 0 aliphatic rings. The van der Waals surface area contributed by atoms with Gasteiger partial charge in [-0.15, -0.1) is 12.4 Å². The third-order valence-electron chi connectivity index (χ3n) is 4.49. The van der Waals surface area contributed by atoms with Crippen LogP contribution in [0.4, 0.5) is 13.2 Å². The Balaban J connectivity index is 0.00000240. The minimum Gasteiger partial charge on any atom is -0.489 e. The third-order valence-corrected chi connectivity index (χ3v) is 4.49. The second-order valence-corrected chi connectivity index (χ2v) is 6.49. The molecule has 4 rings (SSSR count). The summed E-state index contributed by atoms with van der Waals surface area (Å²) in [5.41, 5.74) is 2.95. The first-order valence-electron chi connectivity index (χ1n) is 8.79. The van der Waals surface area contributed by atoms with Crippen LogP contribution in [-0.2, 0) is 12.8 Å². The van der Waals surface area contributed by atoms with Crippen molar-refractivity contribution in [1.82, 2.24) is 4.98 Å². The summed E-state index contributed by atoms with van der Waals surface area (Å²) in [6.07, 6.45) is -0.645. The first-order valence-corrected chi connectivity index (χ1v) is 8.79. The average molecular weight is 417 g/mol. The predicted octanol–water partition coefficient (Wildman–Crippen LogP) is 6.79. The summed E-state index contributed by atoms with van der Waals surface area (Å²) in [5, 5.41) is 0.949. The quantitative estimate of drug-likeness (QED) is 0.380. The number of hydrogen-bond donors (Lipinski definition) is 1. The van der Waals surface area contributed by atoms with Crippen LogP contribution in [0.2, 0.25) is 0 Å². The summed E-state index contributed by atoms with van der Waals surface area (Å²) in [4.78, 5) is 3.18. The number of aromatic amines is 1. The Morgan fingerprint density at radius 1 is 0.897 bits per heavy atom. The standard InChI is InChI=1S/C23H17F3NO.ClH/c24-23(25,26)19-8-6-16(7-9-19)12-18-14-27-22-11-10-20(13-21(18)22)28-15-17-4-2-1-3-5-17;/h1-14,27H,15H2;1H. The third kappa shape index (κ3) is 4.93. The molecule has 0 bridgehead atoms. The van der Waals surface area contributed by atoms with Crippen LogP contribution < -0.4 is 4.74 Å².